The molecule has 2 aromatic heterocycles. The highest BCUT2D eigenvalue weighted by Crippen LogP contribution is 2.40. The van der Waals surface area contributed by atoms with E-state index in [2.05, 4.69) is 106 Å². The number of aromatic nitrogens is 1. The number of para-hydroxylation sites is 1. The van der Waals surface area contributed by atoms with Gasteiger partial charge in [-0.1, -0.05) is 74.5 Å². The van der Waals surface area contributed by atoms with Crippen LogP contribution in [0.15, 0.2) is 77.3 Å². The minimum atomic E-state index is 0.497. The maximum atomic E-state index is 6.66. The Hall–Kier alpha value is -3.39. The van der Waals surface area contributed by atoms with Crippen molar-refractivity contribution in [1.29, 1.82) is 0 Å². The third-order valence-electron chi connectivity index (χ3n) is 6.36. The molecule has 0 aliphatic carbocycles. The second kappa shape index (κ2) is 7.39. The molecule has 0 radical (unpaired) electrons. The zero-order valence-corrected chi connectivity index (χ0v) is 18.9. The van der Waals surface area contributed by atoms with Crippen LogP contribution < -0.4 is 4.57 Å². The van der Waals surface area contributed by atoms with Crippen LogP contribution in [0.25, 0.3) is 44.3 Å². The first-order valence-electron chi connectivity index (χ1n) is 11.0. The molecule has 5 aromatic rings. The highest BCUT2D eigenvalue weighted by Gasteiger charge is 2.23. The third-order valence-corrected chi connectivity index (χ3v) is 6.36. The molecular weight excluding hydrogens is 378 g/mol. The molecule has 0 amide bonds. The van der Waals surface area contributed by atoms with Crippen molar-refractivity contribution in [3.63, 3.8) is 0 Å². The Balaban J connectivity index is 1.83. The minimum Gasteiger partial charge on any atom is -0.454 e. The first-order valence-corrected chi connectivity index (χ1v) is 11.0. The predicted octanol–water partition coefficient (Wildman–Crippen LogP) is 7.48. The van der Waals surface area contributed by atoms with Gasteiger partial charge in [0.15, 0.2) is 6.20 Å². The van der Waals surface area contributed by atoms with E-state index >= 15 is 0 Å². The van der Waals surface area contributed by atoms with Crippen molar-refractivity contribution in [2.45, 2.75) is 33.6 Å². The van der Waals surface area contributed by atoms with Crippen molar-refractivity contribution >= 4 is 21.9 Å². The molecule has 0 atom stereocenters. The fourth-order valence-electron chi connectivity index (χ4n) is 4.75. The van der Waals surface area contributed by atoms with E-state index in [0.29, 0.717) is 5.92 Å². The van der Waals surface area contributed by atoms with Crippen molar-refractivity contribution in [1.82, 2.24) is 0 Å². The van der Waals surface area contributed by atoms with Gasteiger partial charge in [0.1, 0.15) is 18.2 Å². The van der Waals surface area contributed by atoms with Crippen LogP contribution in [0.3, 0.4) is 0 Å². The largest absolute Gasteiger partial charge is 0.454 e. The Morgan fingerprint density at radius 1 is 0.774 bits per heavy atom. The second-order valence-electron chi connectivity index (χ2n) is 8.85. The lowest BCUT2D eigenvalue weighted by Crippen LogP contribution is -2.32. The van der Waals surface area contributed by atoms with E-state index in [-0.39, 0.29) is 0 Å². The molecule has 3 aromatic carbocycles. The van der Waals surface area contributed by atoms with Crippen LogP contribution in [0, 0.1) is 13.8 Å². The van der Waals surface area contributed by atoms with E-state index in [1.807, 2.05) is 6.07 Å². The fourth-order valence-corrected chi connectivity index (χ4v) is 4.75. The normalized spacial score (nSPS) is 11.7. The monoisotopic (exact) mass is 406 g/mol. The van der Waals surface area contributed by atoms with Crippen LogP contribution in [0.1, 0.15) is 36.5 Å². The Bertz CT molecular complexity index is 1420. The summed E-state index contributed by atoms with van der Waals surface area (Å²) in [6.07, 6.45) is 2.27. The summed E-state index contributed by atoms with van der Waals surface area (Å²) in [5.74, 6) is 0.497. The van der Waals surface area contributed by atoms with Gasteiger partial charge in [-0.2, -0.15) is 0 Å². The Morgan fingerprint density at radius 2 is 1.52 bits per heavy atom. The number of furan rings is 1. The average molecular weight is 407 g/mol. The van der Waals surface area contributed by atoms with E-state index in [9.17, 15) is 0 Å². The molecule has 0 N–H and O–H groups in total. The zero-order chi connectivity index (χ0) is 21.7. The number of fused-ring (bicyclic) bond motifs is 3. The molecule has 2 nitrogen and oxygen atoms in total. The van der Waals surface area contributed by atoms with Gasteiger partial charge in [-0.15, -0.1) is 0 Å². The van der Waals surface area contributed by atoms with E-state index in [0.717, 1.165) is 22.1 Å². The van der Waals surface area contributed by atoms with Crippen molar-refractivity contribution in [3.8, 4) is 22.4 Å². The van der Waals surface area contributed by atoms with Crippen molar-refractivity contribution < 1.29 is 8.98 Å². The first kappa shape index (κ1) is 19.6. The molecule has 0 aliphatic heterocycles. The van der Waals surface area contributed by atoms with Crippen molar-refractivity contribution in [3.05, 3.63) is 89.6 Å². The molecule has 2 heteroatoms. The topological polar surface area (TPSA) is 17.0 Å². The van der Waals surface area contributed by atoms with Crippen LogP contribution in [-0.4, -0.2) is 0 Å². The number of hydrogen-bond donors (Lipinski definition) is 0. The van der Waals surface area contributed by atoms with Crippen LogP contribution in [0.2, 0.25) is 0 Å². The summed E-state index contributed by atoms with van der Waals surface area (Å²) in [6, 6.07) is 23.6. The van der Waals surface area contributed by atoms with Gasteiger partial charge in [-0.3, -0.25) is 0 Å². The summed E-state index contributed by atoms with van der Waals surface area (Å²) >= 11 is 0. The third kappa shape index (κ3) is 3.14. The fraction of sp³-hybridized carbons (Fsp3) is 0.207. The summed E-state index contributed by atoms with van der Waals surface area (Å²) in [5.41, 5.74) is 10.5. The maximum absolute atomic E-state index is 6.66. The smallest absolute Gasteiger partial charge is 0.216 e. The second-order valence-corrected chi connectivity index (χ2v) is 8.85. The van der Waals surface area contributed by atoms with Crippen LogP contribution >= 0.6 is 0 Å². The molecule has 2 heterocycles. The first-order chi connectivity index (χ1) is 15.0. The molecule has 0 bridgehead atoms. The van der Waals surface area contributed by atoms with Crippen molar-refractivity contribution in [2.75, 3.05) is 0 Å². The Morgan fingerprint density at radius 3 is 2.26 bits per heavy atom. The number of rotatable bonds is 3. The van der Waals surface area contributed by atoms with Gasteiger partial charge in [0.05, 0.1) is 5.56 Å². The Kier molecular flexibility index (Phi) is 4.66. The molecule has 31 heavy (non-hydrogen) atoms. The zero-order valence-electron chi connectivity index (χ0n) is 18.9. The summed E-state index contributed by atoms with van der Waals surface area (Å²) in [5, 5.41) is 2.33. The molecule has 0 saturated heterocycles. The molecular formula is C29H28NO+. The van der Waals surface area contributed by atoms with Gasteiger partial charge < -0.3 is 4.42 Å². The van der Waals surface area contributed by atoms with Crippen LogP contribution in [0.4, 0.5) is 0 Å². The molecule has 0 aliphatic rings. The molecule has 0 fully saturated rings. The SMILES string of the molecule is Cc1cc(-c2c(C)ccc3c2oc2c(-c4ccccc4)cccc23)[n+](C)cc1C(C)C. The average Bonchev–Trinajstić information content (AvgIpc) is 3.14. The molecule has 154 valence electrons. The minimum absolute atomic E-state index is 0.497. The number of nitrogens with zero attached hydrogens (tertiary/aromatic N) is 1. The standard InChI is InChI=1S/C29H28NO/c1-18(2)25-17-30(5)26(16-20(25)4)27-19(3)14-15-24-23-13-9-12-22(28(23)31-29(24)27)21-10-7-6-8-11-21/h6-18H,1-5H3/q+1. The predicted molar refractivity (Wildman–Crippen MR) is 129 cm³/mol. The quantitative estimate of drug-likeness (QED) is 0.284. The van der Waals surface area contributed by atoms with Gasteiger partial charge in [0.25, 0.3) is 0 Å². The van der Waals surface area contributed by atoms with E-state index < -0.39 is 0 Å². The van der Waals surface area contributed by atoms with Gasteiger partial charge >= 0.3 is 0 Å². The number of aryl methyl sites for hydroxylation is 3. The highest BCUT2D eigenvalue weighted by molar-refractivity contribution is 6.13. The lowest BCUT2D eigenvalue weighted by Gasteiger charge is -2.11. The number of pyridine rings is 1. The van der Waals surface area contributed by atoms with Gasteiger partial charge in [-0.05, 0) is 36.5 Å². The van der Waals surface area contributed by atoms with Crippen LogP contribution in [-0.2, 0) is 7.05 Å². The molecule has 0 spiro atoms. The summed E-state index contributed by atoms with van der Waals surface area (Å²) < 4.78 is 8.91. The molecule has 5 rings (SSSR count). The van der Waals surface area contributed by atoms with Gasteiger partial charge in [0.2, 0.25) is 5.69 Å². The van der Waals surface area contributed by atoms with E-state index in [4.69, 9.17) is 4.42 Å². The highest BCUT2D eigenvalue weighted by atomic mass is 16.3. The van der Waals surface area contributed by atoms with E-state index in [1.54, 1.807) is 0 Å². The van der Waals surface area contributed by atoms with Crippen LogP contribution in [0.5, 0.6) is 0 Å². The van der Waals surface area contributed by atoms with Gasteiger partial charge in [0, 0.05) is 28.0 Å². The molecule has 0 unspecified atom stereocenters. The number of hydrogen-bond acceptors (Lipinski definition) is 1. The lowest BCUT2D eigenvalue weighted by atomic mass is 9.95. The summed E-state index contributed by atoms with van der Waals surface area (Å²) in [6.45, 7) is 8.88. The summed E-state index contributed by atoms with van der Waals surface area (Å²) in [7, 11) is 2.14. The Labute approximate surface area is 183 Å². The summed E-state index contributed by atoms with van der Waals surface area (Å²) in [4.78, 5) is 0. The lowest BCUT2D eigenvalue weighted by molar-refractivity contribution is -0.660. The molecule has 0 saturated carbocycles. The van der Waals surface area contributed by atoms with E-state index in [1.165, 1.54) is 38.9 Å². The maximum Gasteiger partial charge on any atom is 0.216 e. The van der Waals surface area contributed by atoms with Gasteiger partial charge in [-0.25, -0.2) is 4.57 Å². The number of benzene rings is 3. The van der Waals surface area contributed by atoms with Crippen molar-refractivity contribution in [2.24, 2.45) is 7.05 Å².